The molecule has 3 aliphatic heterocycles. The van der Waals surface area contributed by atoms with Crippen LogP contribution in [0.1, 0.15) is 47.3 Å². The lowest BCUT2D eigenvalue weighted by Crippen LogP contribution is -2.51. The van der Waals surface area contributed by atoms with Crippen LogP contribution in [0.15, 0.2) is 36.8 Å². The first-order valence-electron chi connectivity index (χ1n) is 10.9. The Labute approximate surface area is 176 Å². The van der Waals surface area contributed by atoms with E-state index in [-0.39, 0.29) is 17.9 Å². The highest BCUT2D eigenvalue weighted by Gasteiger charge is 2.45. The topological polar surface area (TPSA) is 67.7 Å². The molecule has 4 heterocycles. The minimum absolute atomic E-state index is 0.0125. The molecular formula is C23H28N4O3. The number of ether oxygens (including phenoxy) is 1. The van der Waals surface area contributed by atoms with Crippen molar-refractivity contribution in [3.05, 3.63) is 53.6 Å². The van der Waals surface area contributed by atoms with E-state index >= 15 is 0 Å². The fraction of sp³-hybridized carbons (Fsp3) is 0.522. The van der Waals surface area contributed by atoms with Gasteiger partial charge in [0.25, 0.3) is 5.91 Å². The normalized spacial score (nSPS) is 22.5. The molecule has 1 atom stereocenters. The Balaban J connectivity index is 1.34. The highest BCUT2D eigenvalue weighted by molar-refractivity contribution is 5.92. The highest BCUT2D eigenvalue weighted by Crippen LogP contribution is 2.44. The molecule has 7 nitrogen and oxygen atoms in total. The van der Waals surface area contributed by atoms with Crippen LogP contribution in [-0.4, -0.2) is 63.4 Å². The molecule has 1 spiro atoms. The van der Waals surface area contributed by atoms with Crippen molar-refractivity contribution in [2.24, 2.45) is 7.05 Å². The molecule has 7 heteroatoms. The molecule has 0 bridgehead atoms. The summed E-state index contributed by atoms with van der Waals surface area (Å²) in [5.74, 6) is 0.211. The van der Waals surface area contributed by atoms with Crippen LogP contribution in [0.25, 0.3) is 0 Å². The number of hydrogen-bond acceptors (Lipinski definition) is 4. The number of rotatable bonds is 3. The Hall–Kier alpha value is -2.67. The summed E-state index contributed by atoms with van der Waals surface area (Å²) in [6.07, 6.45) is 6.96. The molecule has 0 saturated carbocycles. The number of aryl methyl sites for hydroxylation is 1. The number of amides is 2. The average molecular weight is 409 g/mol. The van der Waals surface area contributed by atoms with Gasteiger partial charge in [-0.1, -0.05) is 24.3 Å². The Morgan fingerprint density at radius 1 is 1.13 bits per heavy atom. The van der Waals surface area contributed by atoms with Crippen LogP contribution in [0.4, 0.5) is 0 Å². The lowest BCUT2D eigenvalue weighted by Gasteiger charge is -2.47. The molecule has 5 rings (SSSR count). The molecule has 2 aromatic rings. The third-order valence-corrected chi connectivity index (χ3v) is 6.85. The molecule has 3 aliphatic rings. The van der Waals surface area contributed by atoms with Crippen molar-refractivity contribution in [3.8, 4) is 0 Å². The summed E-state index contributed by atoms with van der Waals surface area (Å²) in [4.78, 5) is 33.3. The monoisotopic (exact) mass is 408 g/mol. The molecule has 2 fully saturated rings. The number of carbonyl (C=O) groups is 2. The van der Waals surface area contributed by atoms with Crippen molar-refractivity contribution in [3.63, 3.8) is 0 Å². The molecule has 158 valence electrons. The molecule has 2 amide bonds. The Bertz CT molecular complexity index is 957. The first-order chi connectivity index (χ1) is 14.6. The summed E-state index contributed by atoms with van der Waals surface area (Å²) in [7, 11) is 1.84. The summed E-state index contributed by atoms with van der Waals surface area (Å²) in [6, 6.07) is 8.44. The first kappa shape index (κ1) is 19.3. The Morgan fingerprint density at radius 3 is 2.57 bits per heavy atom. The van der Waals surface area contributed by atoms with Gasteiger partial charge in [0.05, 0.1) is 30.7 Å². The van der Waals surface area contributed by atoms with Gasteiger partial charge in [-0.05, 0) is 36.8 Å². The van der Waals surface area contributed by atoms with Crippen LogP contribution in [0.3, 0.4) is 0 Å². The lowest BCUT2D eigenvalue weighted by atomic mass is 9.77. The van der Waals surface area contributed by atoms with Crippen molar-refractivity contribution in [1.82, 2.24) is 19.4 Å². The molecule has 30 heavy (non-hydrogen) atoms. The van der Waals surface area contributed by atoms with Crippen LogP contribution < -0.4 is 0 Å². The number of fused-ring (bicyclic) bond motifs is 2. The predicted molar refractivity (Wildman–Crippen MR) is 111 cm³/mol. The molecule has 0 N–H and O–H groups in total. The van der Waals surface area contributed by atoms with Crippen molar-refractivity contribution in [1.29, 1.82) is 0 Å². The number of imidazole rings is 1. The standard InChI is InChI=1S/C23H28N4O3/c1-25-16-24-15-20(25)22(29)27-11-7-23(8-12-27)19-6-3-2-5-17(19)13-18(30-23)14-21(28)26-9-4-10-26/h2-3,5-6,15-16,18H,4,7-14H2,1H3. The summed E-state index contributed by atoms with van der Waals surface area (Å²) < 4.78 is 8.43. The highest BCUT2D eigenvalue weighted by atomic mass is 16.5. The number of hydrogen-bond donors (Lipinski definition) is 0. The molecule has 1 aromatic carbocycles. The van der Waals surface area contributed by atoms with E-state index in [9.17, 15) is 9.59 Å². The minimum Gasteiger partial charge on any atom is -0.366 e. The summed E-state index contributed by atoms with van der Waals surface area (Å²) in [5.41, 5.74) is 2.69. The van der Waals surface area contributed by atoms with Gasteiger partial charge in [-0.25, -0.2) is 4.98 Å². The molecule has 2 saturated heterocycles. The number of piperidine rings is 1. The largest absolute Gasteiger partial charge is 0.366 e. The SMILES string of the molecule is Cn1cncc1C(=O)N1CCC2(CC1)OC(CC(=O)N1CCC1)Cc1ccccc12. The van der Waals surface area contributed by atoms with E-state index in [0.717, 1.165) is 38.8 Å². The van der Waals surface area contributed by atoms with Crippen LogP contribution in [0.5, 0.6) is 0 Å². The van der Waals surface area contributed by atoms with Gasteiger partial charge < -0.3 is 19.1 Å². The zero-order chi connectivity index (χ0) is 20.7. The minimum atomic E-state index is -0.419. The van der Waals surface area contributed by atoms with E-state index in [1.165, 1.54) is 11.1 Å². The van der Waals surface area contributed by atoms with Crippen molar-refractivity contribution in [2.75, 3.05) is 26.2 Å². The second-order valence-corrected chi connectivity index (χ2v) is 8.72. The maximum atomic E-state index is 12.9. The van der Waals surface area contributed by atoms with Gasteiger partial charge in [-0.3, -0.25) is 9.59 Å². The third-order valence-electron chi connectivity index (χ3n) is 6.85. The van der Waals surface area contributed by atoms with Crippen LogP contribution >= 0.6 is 0 Å². The van der Waals surface area contributed by atoms with E-state index < -0.39 is 5.60 Å². The fourth-order valence-corrected chi connectivity index (χ4v) is 5.00. The number of nitrogens with zero attached hydrogens (tertiary/aromatic N) is 4. The third kappa shape index (κ3) is 3.31. The second kappa shape index (κ2) is 7.54. The van der Waals surface area contributed by atoms with E-state index in [4.69, 9.17) is 4.74 Å². The van der Waals surface area contributed by atoms with Gasteiger partial charge in [0.2, 0.25) is 5.91 Å². The number of aromatic nitrogens is 2. The smallest absolute Gasteiger partial charge is 0.272 e. The maximum Gasteiger partial charge on any atom is 0.272 e. The number of carbonyl (C=O) groups excluding carboxylic acids is 2. The maximum absolute atomic E-state index is 12.9. The van der Waals surface area contributed by atoms with Crippen LogP contribution in [-0.2, 0) is 28.6 Å². The molecule has 0 aliphatic carbocycles. The van der Waals surface area contributed by atoms with E-state index in [1.807, 2.05) is 16.8 Å². The summed E-state index contributed by atoms with van der Waals surface area (Å²) in [5, 5.41) is 0. The fourth-order valence-electron chi connectivity index (χ4n) is 5.00. The van der Waals surface area contributed by atoms with Crippen molar-refractivity contribution < 1.29 is 14.3 Å². The first-order valence-corrected chi connectivity index (χ1v) is 10.9. The van der Waals surface area contributed by atoms with Gasteiger partial charge >= 0.3 is 0 Å². The average Bonchev–Trinajstić information content (AvgIpc) is 3.12. The molecule has 0 radical (unpaired) electrons. The number of likely N-dealkylation sites (tertiary alicyclic amines) is 2. The van der Waals surface area contributed by atoms with Gasteiger partial charge in [0, 0.05) is 33.2 Å². The van der Waals surface area contributed by atoms with E-state index in [2.05, 4.69) is 29.2 Å². The van der Waals surface area contributed by atoms with Gasteiger partial charge in [0.15, 0.2) is 0 Å². The Morgan fingerprint density at radius 2 is 1.90 bits per heavy atom. The van der Waals surface area contributed by atoms with E-state index in [1.54, 1.807) is 17.1 Å². The van der Waals surface area contributed by atoms with Crippen molar-refractivity contribution >= 4 is 11.8 Å². The number of benzene rings is 1. The second-order valence-electron chi connectivity index (χ2n) is 8.72. The van der Waals surface area contributed by atoms with Crippen LogP contribution in [0, 0.1) is 0 Å². The zero-order valence-corrected chi connectivity index (χ0v) is 17.4. The summed E-state index contributed by atoms with van der Waals surface area (Å²) >= 11 is 0. The quantitative estimate of drug-likeness (QED) is 0.780. The van der Waals surface area contributed by atoms with Gasteiger partial charge in [0.1, 0.15) is 5.69 Å². The molecule has 1 aromatic heterocycles. The van der Waals surface area contributed by atoms with Gasteiger partial charge in [-0.2, -0.15) is 0 Å². The zero-order valence-electron chi connectivity index (χ0n) is 17.4. The summed E-state index contributed by atoms with van der Waals surface area (Å²) in [6.45, 7) is 3.01. The van der Waals surface area contributed by atoms with Crippen LogP contribution in [0.2, 0.25) is 0 Å². The van der Waals surface area contributed by atoms with Gasteiger partial charge in [-0.15, -0.1) is 0 Å². The van der Waals surface area contributed by atoms with E-state index in [0.29, 0.717) is 25.2 Å². The molecule has 1 unspecified atom stereocenters. The lowest BCUT2D eigenvalue weighted by molar-refractivity contribution is -0.155. The predicted octanol–water partition coefficient (Wildman–Crippen LogP) is 2.12. The molecular weight excluding hydrogens is 380 g/mol. The van der Waals surface area contributed by atoms with Crippen molar-refractivity contribution in [2.45, 2.75) is 43.8 Å². The Kier molecular flexibility index (Phi) is 4.85.